The number of hydrogen-bond donors (Lipinski definition) is 0. The molecule has 2 aromatic heterocycles. The third-order valence-electron chi connectivity index (χ3n) is 4.57. The number of carbonyl (C=O) groups excluding carboxylic acids is 1. The molecule has 1 amide bonds. The standard InChI is InChI=1S/C18H17N5O3/c24-18(14-13-22-8-4-3-7-17(22)19-14)21-11-9-20(10-12-21)15-5-1-2-6-16(15)23(25)26/h1-8,13H,9-12H2. The van der Waals surface area contributed by atoms with Crippen LogP contribution >= 0.6 is 0 Å². The van der Waals surface area contributed by atoms with Gasteiger partial charge >= 0.3 is 0 Å². The van der Waals surface area contributed by atoms with E-state index in [1.54, 1.807) is 29.3 Å². The van der Waals surface area contributed by atoms with Crippen molar-refractivity contribution in [2.45, 2.75) is 0 Å². The second-order valence-corrected chi connectivity index (χ2v) is 6.12. The zero-order valence-electron chi connectivity index (χ0n) is 14.0. The molecule has 0 atom stereocenters. The molecule has 0 bridgehead atoms. The highest BCUT2D eigenvalue weighted by Crippen LogP contribution is 2.28. The summed E-state index contributed by atoms with van der Waals surface area (Å²) in [5, 5.41) is 11.2. The lowest BCUT2D eigenvalue weighted by molar-refractivity contribution is -0.384. The van der Waals surface area contributed by atoms with Crippen LogP contribution in [0.15, 0.2) is 54.9 Å². The minimum absolute atomic E-state index is 0.0904. The van der Waals surface area contributed by atoms with Crippen molar-refractivity contribution < 1.29 is 9.72 Å². The van der Waals surface area contributed by atoms with Crippen LogP contribution in [-0.2, 0) is 0 Å². The maximum absolute atomic E-state index is 12.7. The number of imidazole rings is 1. The van der Waals surface area contributed by atoms with Crippen LogP contribution in [0.5, 0.6) is 0 Å². The number of nitrogens with zero attached hydrogens (tertiary/aromatic N) is 5. The summed E-state index contributed by atoms with van der Waals surface area (Å²) in [7, 11) is 0. The quantitative estimate of drug-likeness (QED) is 0.533. The van der Waals surface area contributed by atoms with Gasteiger partial charge in [-0.2, -0.15) is 0 Å². The van der Waals surface area contributed by atoms with Gasteiger partial charge < -0.3 is 14.2 Å². The van der Waals surface area contributed by atoms with E-state index >= 15 is 0 Å². The fraction of sp³-hybridized carbons (Fsp3) is 0.222. The molecule has 1 aliphatic rings. The molecule has 3 heterocycles. The Morgan fingerprint density at radius 1 is 1.04 bits per heavy atom. The zero-order valence-corrected chi connectivity index (χ0v) is 14.0. The van der Waals surface area contributed by atoms with Gasteiger partial charge in [-0.1, -0.05) is 18.2 Å². The Morgan fingerprint density at radius 3 is 2.50 bits per heavy atom. The fourth-order valence-electron chi connectivity index (χ4n) is 3.24. The molecule has 8 nitrogen and oxygen atoms in total. The number of amides is 1. The van der Waals surface area contributed by atoms with Crippen molar-refractivity contribution in [1.82, 2.24) is 14.3 Å². The van der Waals surface area contributed by atoms with Crippen molar-refractivity contribution in [3.05, 3.63) is 70.7 Å². The number of rotatable bonds is 3. The molecule has 0 N–H and O–H groups in total. The Morgan fingerprint density at radius 2 is 1.77 bits per heavy atom. The largest absolute Gasteiger partial charge is 0.362 e. The Bertz CT molecular complexity index is 943. The topological polar surface area (TPSA) is 84.0 Å². The number of piperazine rings is 1. The molecule has 3 aromatic rings. The normalized spacial score (nSPS) is 14.6. The van der Waals surface area contributed by atoms with Crippen LogP contribution in [0, 0.1) is 10.1 Å². The molecule has 0 saturated carbocycles. The fourth-order valence-corrected chi connectivity index (χ4v) is 3.24. The van der Waals surface area contributed by atoms with Gasteiger partial charge in [0.25, 0.3) is 11.6 Å². The Balaban J connectivity index is 1.48. The zero-order chi connectivity index (χ0) is 18.1. The average Bonchev–Trinajstić information content (AvgIpc) is 3.12. The van der Waals surface area contributed by atoms with Crippen molar-refractivity contribution in [2.24, 2.45) is 0 Å². The van der Waals surface area contributed by atoms with Gasteiger partial charge in [0.2, 0.25) is 0 Å². The average molecular weight is 351 g/mol. The van der Waals surface area contributed by atoms with Crippen LogP contribution in [0.3, 0.4) is 0 Å². The van der Waals surface area contributed by atoms with Crippen LogP contribution in [0.1, 0.15) is 10.5 Å². The Hall–Kier alpha value is -3.42. The molecule has 0 radical (unpaired) electrons. The molecule has 1 fully saturated rings. The third kappa shape index (κ3) is 2.85. The molecule has 4 rings (SSSR count). The maximum Gasteiger partial charge on any atom is 0.292 e. The summed E-state index contributed by atoms with van der Waals surface area (Å²) in [5.41, 5.74) is 1.83. The van der Waals surface area contributed by atoms with Crippen LogP contribution in [0.25, 0.3) is 5.65 Å². The molecule has 1 aliphatic heterocycles. The lowest BCUT2D eigenvalue weighted by Gasteiger charge is -2.35. The molecule has 8 heteroatoms. The molecule has 0 aliphatic carbocycles. The number of fused-ring (bicyclic) bond motifs is 1. The van der Waals surface area contributed by atoms with E-state index in [1.165, 1.54) is 6.07 Å². The van der Waals surface area contributed by atoms with E-state index in [-0.39, 0.29) is 16.5 Å². The monoisotopic (exact) mass is 351 g/mol. The highest BCUT2D eigenvalue weighted by Gasteiger charge is 2.27. The predicted octanol–water partition coefficient (Wildman–Crippen LogP) is 2.20. The van der Waals surface area contributed by atoms with E-state index in [9.17, 15) is 14.9 Å². The van der Waals surface area contributed by atoms with Gasteiger partial charge in [-0.3, -0.25) is 14.9 Å². The lowest BCUT2D eigenvalue weighted by atomic mass is 10.2. The molecule has 26 heavy (non-hydrogen) atoms. The summed E-state index contributed by atoms with van der Waals surface area (Å²) in [6.45, 7) is 2.09. The third-order valence-corrected chi connectivity index (χ3v) is 4.57. The lowest BCUT2D eigenvalue weighted by Crippen LogP contribution is -2.49. The van der Waals surface area contributed by atoms with E-state index in [0.717, 1.165) is 5.65 Å². The Labute approximate surface area is 149 Å². The molecule has 0 unspecified atom stereocenters. The van der Waals surface area contributed by atoms with Gasteiger partial charge in [-0.05, 0) is 18.2 Å². The first-order chi connectivity index (χ1) is 12.6. The second kappa shape index (κ2) is 6.47. The van der Waals surface area contributed by atoms with E-state index in [1.807, 2.05) is 33.7 Å². The second-order valence-electron chi connectivity index (χ2n) is 6.12. The number of aromatic nitrogens is 2. The van der Waals surface area contributed by atoms with Crippen LogP contribution in [0.2, 0.25) is 0 Å². The van der Waals surface area contributed by atoms with E-state index in [2.05, 4.69) is 4.98 Å². The van der Waals surface area contributed by atoms with Gasteiger partial charge in [0.1, 0.15) is 17.0 Å². The van der Waals surface area contributed by atoms with Crippen LogP contribution in [-0.4, -0.2) is 51.3 Å². The highest BCUT2D eigenvalue weighted by molar-refractivity contribution is 5.93. The summed E-state index contributed by atoms with van der Waals surface area (Å²) in [4.78, 5) is 31.6. The van der Waals surface area contributed by atoms with Gasteiger partial charge in [0.15, 0.2) is 0 Å². The number of pyridine rings is 1. The number of carbonyl (C=O) groups is 1. The van der Waals surface area contributed by atoms with Gasteiger partial charge in [0.05, 0.1) is 4.92 Å². The van der Waals surface area contributed by atoms with Crippen LogP contribution in [0.4, 0.5) is 11.4 Å². The smallest absolute Gasteiger partial charge is 0.292 e. The van der Waals surface area contributed by atoms with Crippen molar-refractivity contribution in [1.29, 1.82) is 0 Å². The first kappa shape index (κ1) is 16.1. The summed E-state index contributed by atoms with van der Waals surface area (Å²) >= 11 is 0. The minimum atomic E-state index is -0.372. The minimum Gasteiger partial charge on any atom is -0.362 e. The molecular weight excluding hydrogens is 334 g/mol. The van der Waals surface area contributed by atoms with E-state index in [0.29, 0.717) is 37.6 Å². The van der Waals surface area contributed by atoms with Gasteiger partial charge in [-0.25, -0.2) is 4.98 Å². The SMILES string of the molecule is O=C(c1cn2ccccc2n1)N1CCN(c2ccccc2[N+](=O)[O-])CC1. The van der Waals surface area contributed by atoms with E-state index in [4.69, 9.17) is 0 Å². The van der Waals surface area contributed by atoms with Gasteiger partial charge in [0, 0.05) is 44.6 Å². The number of anilines is 1. The molecule has 132 valence electrons. The predicted molar refractivity (Wildman–Crippen MR) is 96.4 cm³/mol. The summed E-state index contributed by atoms with van der Waals surface area (Å²) in [6, 6.07) is 12.3. The van der Waals surface area contributed by atoms with Crippen molar-refractivity contribution >= 4 is 22.9 Å². The maximum atomic E-state index is 12.7. The summed E-state index contributed by atoms with van der Waals surface area (Å²) < 4.78 is 1.82. The summed E-state index contributed by atoms with van der Waals surface area (Å²) in [5.74, 6) is -0.115. The van der Waals surface area contributed by atoms with Gasteiger partial charge in [-0.15, -0.1) is 0 Å². The number of nitro groups is 1. The molecule has 0 spiro atoms. The highest BCUT2D eigenvalue weighted by atomic mass is 16.6. The number of para-hydroxylation sites is 2. The van der Waals surface area contributed by atoms with Crippen molar-refractivity contribution in [3.8, 4) is 0 Å². The first-order valence-corrected chi connectivity index (χ1v) is 8.35. The Kier molecular flexibility index (Phi) is 4.00. The van der Waals surface area contributed by atoms with Crippen molar-refractivity contribution in [2.75, 3.05) is 31.1 Å². The van der Waals surface area contributed by atoms with Crippen LogP contribution < -0.4 is 4.90 Å². The number of hydrogen-bond acceptors (Lipinski definition) is 5. The number of benzene rings is 1. The molecular formula is C18H17N5O3. The summed E-state index contributed by atoms with van der Waals surface area (Å²) in [6.07, 6.45) is 3.58. The first-order valence-electron chi connectivity index (χ1n) is 8.35. The molecule has 1 saturated heterocycles. The van der Waals surface area contributed by atoms with Crippen molar-refractivity contribution in [3.63, 3.8) is 0 Å². The molecule has 1 aromatic carbocycles. The van der Waals surface area contributed by atoms with E-state index < -0.39 is 0 Å². The number of nitro benzene ring substituents is 1.